The Morgan fingerprint density at radius 3 is 2.34 bits per heavy atom. The number of hydrogen-bond acceptors (Lipinski definition) is 7. The average molecular weight is 554 g/mol. The summed E-state index contributed by atoms with van der Waals surface area (Å²) in [5, 5.41) is 3.74. The molecule has 9 nitrogen and oxygen atoms in total. The first-order chi connectivity index (χ1) is 17.8. The highest BCUT2D eigenvalue weighted by Gasteiger charge is 2.35. The first kappa shape index (κ1) is 28.7. The molecule has 2 aromatic carbocycles. The maximum absolute atomic E-state index is 13.6. The second-order valence-corrected chi connectivity index (χ2v) is 9.85. The van der Waals surface area contributed by atoms with Crippen LogP contribution in [0.25, 0.3) is 16.9 Å². The van der Waals surface area contributed by atoms with Crippen molar-refractivity contribution in [3.63, 3.8) is 0 Å². The van der Waals surface area contributed by atoms with Crippen LogP contribution in [0, 0.1) is 6.92 Å². The summed E-state index contributed by atoms with van der Waals surface area (Å²) in [6, 6.07) is 9.32. The highest BCUT2D eigenvalue weighted by atomic mass is 32.2. The lowest BCUT2D eigenvalue weighted by Gasteiger charge is -2.15. The number of rotatable bonds is 9. The van der Waals surface area contributed by atoms with E-state index in [9.17, 15) is 31.2 Å². The number of amides is 1. The Morgan fingerprint density at radius 2 is 1.76 bits per heavy atom. The predicted molar refractivity (Wildman–Crippen MR) is 131 cm³/mol. The van der Waals surface area contributed by atoms with E-state index < -0.39 is 40.4 Å². The largest absolute Gasteiger partial charge is 0.496 e. The third-order valence-electron chi connectivity index (χ3n) is 5.52. The molecular weight excluding hydrogens is 527 g/mol. The van der Waals surface area contributed by atoms with Crippen molar-refractivity contribution in [2.45, 2.75) is 51.3 Å². The molecule has 1 aromatic heterocycles. The van der Waals surface area contributed by atoms with Crippen LogP contribution in [0.5, 0.6) is 5.75 Å². The molecule has 0 saturated heterocycles. The van der Waals surface area contributed by atoms with Gasteiger partial charge in [-0.2, -0.15) is 18.3 Å². The molecular formula is C25H26F3N3O6S. The van der Waals surface area contributed by atoms with Crippen LogP contribution in [0.4, 0.5) is 13.2 Å². The Kier molecular flexibility index (Phi) is 8.50. The Bertz CT molecular complexity index is 1470. The number of carbonyl (C=O) groups excluding carboxylic acids is 2. The summed E-state index contributed by atoms with van der Waals surface area (Å²) in [4.78, 5) is 23.2. The van der Waals surface area contributed by atoms with E-state index in [2.05, 4.69) is 5.10 Å². The molecule has 1 N–H and O–H groups in total. The molecule has 38 heavy (non-hydrogen) atoms. The molecule has 0 fully saturated rings. The van der Waals surface area contributed by atoms with Gasteiger partial charge in [-0.1, -0.05) is 13.8 Å². The fraction of sp³-hybridized carbons (Fsp3) is 0.320. The lowest BCUT2D eigenvalue weighted by molar-refractivity contribution is -0.144. The molecule has 0 aliphatic carbocycles. The van der Waals surface area contributed by atoms with Gasteiger partial charge in [-0.05, 0) is 55.0 Å². The normalized spacial score (nSPS) is 11.8. The van der Waals surface area contributed by atoms with E-state index in [0.29, 0.717) is 16.9 Å². The quantitative estimate of drug-likeness (QED) is 0.387. The number of carbonyl (C=O) groups is 2. The topological polar surface area (TPSA) is 117 Å². The fourth-order valence-corrected chi connectivity index (χ4v) is 4.83. The molecule has 0 saturated carbocycles. The van der Waals surface area contributed by atoms with Crippen LogP contribution in [0.15, 0.2) is 47.4 Å². The third kappa shape index (κ3) is 6.33. The van der Waals surface area contributed by atoms with Gasteiger partial charge >= 0.3 is 12.1 Å². The number of aromatic nitrogens is 2. The maximum Gasteiger partial charge on any atom is 0.435 e. The smallest absolute Gasteiger partial charge is 0.435 e. The molecule has 1 amide bonds. The second-order valence-electron chi connectivity index (χ2n) is 8.20. The number of sulfonamides is 1. The van der Waals surface area contributed by atoms with Crippen molar-refractivity contribution in [3.8, 4) is 22.7 Å². The molecule has 0 atom stereocenters. The summed E-state index contributed by atoms with van der Waals surface area (Å²) in [6.07, 6.45) is -4.84. The molecule has 0 unspecified atom stereocenters. The minimum absolute atomic E-state index is 0.0173. The van der Waals surface area contributed by atoms with Crippen molar-refractivity contribution in [3.05, 3.63) is 59.3 Å². The first-order valence-corrected chi connectivity index (χ1v) is 13.0. The zero-order valence-electron chi connectivity index (χ0n) is 21.0. The van der Waals surface area contributed by atoms with Gasteiger partial charge in [0.15, 0.2) is 5.69 Å². The van der Waals surface area contributed by atoms with Gasteiger partial charge in [0.25, 0.3) is 10.0 Å². The van der Waals surface area contributed by atoms with E-state index in [1.54, 1.807) is 32.0 Å². The van der Waals surface area contributed by atoms with Crippen molar-refractivity contribution in [2.24, 2.45) is 0 Å². The highest BCUT2D eigenvalue weighted by Crippen LogP contribution is 2.35. The lowest BCUT2D eigenvalue weighted by atomic mass is 10.1. The summed E-state index contributed by atoms with van der Waals surface area (Å²) >= 11 is 0. The van der Waals surface area contributed by atoms with E-state index in [0.717, 1.165) is 16.8 Å². The number of methoxy groups -OCH3 is 1. The fourth-order valence-electron chi connectivity index (χ4n) is 3.57. The van der Waals surface area contributed by atoms with Gasteiger partial charge < -0.3 is 9.47 Å². The summed E-state index contributed by atoms with van der Waals surface area (Å²) in [5.41, 5.74) is 0.0129. The number of alkyl halides is 3. The van der Waals surface area contributed by atoms with Crippen LogP contribution < -0.4 is 9.46 Å². The van der Waals surface area contributed by atoms with E-state index >= 15 is 0 Å². The van der Waals surface area contributed by atoms with Crippen molar-refractivity contribution < 1.29 is 40.7 Å². The molecule has 13 heteroatoms. The zero-order chi connectivity index (χ0) is 28.3. The lowest BCUT2D eigenvalue weighted by Crippen LogP contribution is -2.30. The summed E-state index contributed by atoms with van der Waals surface area (Å²) in [6.45, 7) is 4.25. The van der Waals surface area contributed by atoms with Crippen LogP contribution in [0.2, 0.25) is 0 Å². The first-order valence-electron chi connectivity index (χ1n) is 11.5. The molecule has 1 heterocycles. The minimum atomic E-state index is -4.76. The van der Waals surface area contributed by atoms with Crippen LogP contribution in [0.3, 0.4) is 0 Å². The van der Waals surface area contributed by atoms with Crippen molar-refractivity contribution >= 4 is 21.9 Å². The minimum Gasteiger partial charge on any atom is -0.496 e. The third-order valence-corrected chi connectivity index (χ3v) is 6.99. The number of aryl methyl sites for hydroxylation is 1. The van der Waals surface area contributed by atoms with Gasteiger partial charge in [0, 0.05) is 24.0 Å². The van der Waals surface area contributed by atoms with Crippen molar-refractivity contribution in [1.29, 1.82) is 0 Å². The summed E-state index contributed by atoms with van der Waals surface area (Å²) < 4.78 is 79.9. The van der Waals surface area contributed by atoms with Crippen molar-refractivity contribution in [2.75, 3.05) is 7.11 Å². The van der Waals surface area contributed by atoms with Gasteiger partial charge in [-0.3, -0.25) is 9.59 Å². The molecule has 0 spiro atoms. The molecule has 0 aliphatic heterocycles. The van der Waals surface area contributed by atoms with E-state index in [4.69, 9.17) is 9.47 Å². The van der Waals surface area contributed by atoms with Crippen LogP contribution >= 0.6 is 0 Å². The van der Waals surface area contributed by atoms with Crippen LogP contribution in [-0.4, -0.2) is 37.2 Å². The number of esters is 1. The number of nitrogens with zero attached hydrogens (tertiary/aromatic N) is 2. The van der Waals surface area contributed by atoms with Gasteiger partial charge in [0.1, 0.15) is 12.4 Å². The Labute approximate surface area is 217 Å². The van der Waals surface area contributed by atoms with Crippen LogP contribution in [0.1, 0.15) is 43.5 Å². The molecule has 0 radical (unpaired) electrons. The number of benzene rings is 2. The van der Waals surface area contributed by atoms with Crippen LogP contribution in [-0.2, 0) is 37.1 Å². The molecule has 0 bridgehead atoms. The predicted octanol–water partition coefficient (Wildman–Crippen LogP) is 4.54. The summed E-state index contributed by atoms with van der Waals surface area (Å²) in [5.74, 6) is -0.839. The van der Waals surface area contributed by atoms with Gasteiger partial charge in [0.2, 0.25) is 5.91 Å². The van der Waals surface area contributed by atoms with Crippen molar-refractivity contribution in [1.82, 2.24) is 14.5 Å². The molecule has 0 aliphatic rings. The average Bonchev–Trinajstić information content (AvgIpc) is 3.33. The Hall–Kier alpha value is -3.87. The second kappa shape index (κ2) is 11.3. The number of hydrogen-bond donors (Lipinski definition) is 1. The summed E-state index contributed by atoms with van der Waals surface area (Å²) in [7, 11) is -2.89. The Balaban J connectivity index is 2.21. The monoisotopic (exact) mass is 553 g/mol. The maximum atomic E-state index is 13.6. The standard InChI is InChI=1S/C25H26F3N3O6S/c1-5-23(32)30-38(34,35)21-10-8-18(12-17(21)14-37-24(33)6-2)31-19(13-22(29-31)25(26,27)28)16-7-9-20(36-4)15(3)11-16/h7-13H,5-6,14H2,1-4H3,(H,30,32). The molecule has 3 rings (SSSR count). The highest BCUT2D eigenvalue weighted by molar-refractivity contribution is 7.90. The Morgan fingerprint density at radius 1 is 1.05 bits per heavy atom. The van der Waals surface area contributed by atoms with Gasteiger partial charge in [-0.25, -0.2) is 17.8 Å². The number of ether oxygens (including phenoxy) is 2. The van der Waals surface area contributed by atoms with E-state index in [1.807, 2.05) is 4.72 Å². The number of nitrogens with one attached hydrogen (secondary N) is 1. The zero-order valence-corrected chi connectivity index (χ0v) is 21.9. The van der Waals surface area contributed by atoms with Gasteiger partial charge in [-0.15, -0.1) is 0 Å². The van der Waals surface area contributed by atoms with E-state index in [1.165, 1.54) is 26.2 Å². The molecule has 204 valence electrons. The molecule has 3 aromatic rings. The SMILES string of the molecule is CCC(=O)NS(=O)(=O)c1ccc(-n2nc(C(F)(F)F)cc2-c2ccc(OC)c(C)c2)cc1COC(=O)CC. The van der Waals surface area contributed by atoms with E-state index in [-0.39, 0.29) is 34.7 Å². The van der Waals surface area contributed by atoms with Gasteiger partial charge in [0.05, 0.1) is 23.4 Å². The number of halogens is 3.